The van der Waals surface area contributed by atoms with E-state index in [2.05, 4.69) is 50.9 Å². The van der Waals surface area contributed by atoms with Crippen LogP contribution in [0.3, 0.4) is 0 Å². The molecule has 1 heterocycles. The van der Waals surface area contributed by atoms with Gasteiger partial charge < -0.3 is 5.32 Å². The summed E-state index contributed by atoms with van der Waals surface area (Å²) in [6, 6.07) is 1.17. The first-order valence-electron chi connectivity index (χ1n) is 5.85. The molecule has 0 amide bonds. The van der Waals surface area contributed by atoms with Gasteiger partial charge in [0, 0.05) is 18.6 Å². The van der Waals surface area contributed by atoms with Crippen LogP contribution in [0.1, 0.15) is 34.1 Å². The van der Waals surface area contributed by atoms with Crippen LogP contribution < -0.4 is 5.32 Å². The standard InChI is InChI=1S/C13H24N2/c1-7-13(4,5)15-9-8-12(14-6)10(2)11(15)3/h1,10-12,14H,8-9H2,2-6H3. The van der Waals surface area contributed by atoms with Gasteiger partial charge in [0.2, 0.25) is 0 Å². The highest BCUT2D eigenvalue weighted by Crippen LogP contribution is 2.29. The first kappa shape index (κ1) is 12.5. The Labute approximate surface area is 94.4 Å². The molecule has 1 fully saturated rings. The molecule has 1 rings (SSSR count). The molecule has 0 radical (unpaired) electrons. The minimum absolute atomic E-state index is 0.119. The van der Waals surface area contributed by atoms with Gasteiger partial charge in [-0.1, -0.05) is 12.8 Å². The van der Waals surface area contributed by atoms with Crippen molar-refractivity contribution in [3.05, 3.63) is 0 Å². The molecule has 1 aliphatic rings. The summed E-state index contributed by atoms with van der Waals surface area (Å²) in [6.45, 7) is 9.96. The van der Waals surface area contributed by atoms with Crippen molar-refractivity contribution in [1.82, 2.24) is 10.2 Å². The number of rotatable bonds is 2. The van der Waals surface area contributed by atoms with Crippen LogP contribution in [-0.2, 0) is 0 Å². The molecule has 0 aromatic rings. The van der Waals surface area contributed by atoms with Crippen LogP contribution >= 0.6 is 0 Å². The molecule has 0 bridgehead atoms. The van der Waals surface area contributed by atoms with Crippen LogP contribution in [0.25, 0.3) is 0 Å². The Hall–Kier alpha value is -0.520. The van der Waals surface area contributed by atoms with Gasteiger partial charge in [-0.2, -0.15) is 0 Å². The predicted octanol–water partition coefficient (Wildman–Crippen LogP) is 1.72. The van der Waals surface area contributed by atoms with E-state index < -0.39 is 0 Å². The van der Waals surface area contributed by atoms with Crippen molar-refractivity contribution in [2.24, 2.45) is 5.92 Å². The Morgan fingerprint density at radius 2 is 2.00 bits per heavy atom. The first-order chi connectivity index (χ1) is 6.94. The molecule has 1 N–H and O–H groups in total. The average molecular weight is 208 g/mol. The number of hydrogen-bond acceptors (Lipinski definition) is 2. The lowest BCUT2D eigenvalue weighted by atomic mass is 9.84. The van der Waals surface area contributed by atoms with E-state index in [0.29, 0.717) is 18.0 Å². The Bertz CT molecular complexity index is 252. The third kappa shape index (κ3) is 2.35. The van der Waals surface area contributed by atoms with Crippen molar-refractivity contribution in [2.75, 3.05) is 13.6 Å². The molecule has 0 aromatic heterocycles. The highest BCUT2D eigenvalue weighted by Gasteiger charge is 2.37. The number of terminal acetylenes is 1. The van der Waals surface area contributed by atoms with Gasteiger partial charge in [-0.3, -0.25) is 4.90 Å². The highest BCUT2D eigenvalue weighted by atomic mass is 15.2. The second-order valence-corrected chi connectivity index (χ2v) is 5.18. The minimum atomic E-state index is -0.119. The van der Waals surface area contributed by atoms with Gasteiger partial charge in [0.05, 0.1) is 5.54 Å². The summed E-state index contributed by atoms with van der Waals surface area (Å²) < 4.78 is 0. The fourth-order valence-electron chi connectivity index (χ4n) is 2.64. The monoisotopic (exact) mass is 208 g/mol. The van der Waals surface area contributed by atoms with E-state index in [0.717, 1.165) is 6.54 Å². The van der Waals surface area contributed by atoms with E-state index in [1.165, 1.54) is 6.42 Å². The number of nitrogens with one attached hydrogen (secondary N) is 1. The number of hydrogen-bond donors (Lipinski definition) is 1. The van der Waals surface area contributed by atoms with E-state index in [1.54, 1.807) is 0 Å². The van der Waals surface area contributed by atoms with Gasteiger partial charge in [-0.15, -0.1) is 6.42 Å². The molecule has 0 spiro atoms. The maximum absolute atomic E-state index is 5.60. The van der Waals surface area contributed by atoms with Crippen molar-refractivity contribution in [3.8, 4) is 12.3 Å². The summed E-state index contributed by atoms with van der Waals surface area (Å²) in [7, 11) is 2.05. The molecular weight excluding hydrogens is 184 g/mol. The maximum atomic E-state index is 5.60. The second-order valence-electron chi connectivity index (χ2n) is 5.18. The summed E-state index contributed by atoms with van der Waals surface area (Å²) in [5, 5.41) is 3.40. The molecule has 1 aliphatic heterocycles. The summed E-state index contributed by atoms with van der Waals surface area (Å²) in [4.78, 5) is 2.45. The summed E-state index contributed by atoms with van der Waals surface area (Å²) in [5.41, 5.74) is -0.119. The van der Waals surface area contributed by atoms with Crippen molar-refractivity contribution < 1.29 is 0 Å². The molecule has 2 heteroatoms. The summed E-state index contributed by atoms with van der Waals surface area (Å²) in [6.07, 6.45) is 6.79. The lowest BCUT2D eigenvalue weighted by Gasteiger charge is -2.48. The Morgan fingerprint density at radius 3 is 2.47 bits per heavy atom. The number of nitrogens with zero attached hydrogens (tertiary/aromatic N) is 1. The van der Waals surface area contributed by atoms with E-state index >= 15 is 0 Å². The normalized spacial score (nSPS) is 33.7. The van der Waals surface area contributed by atoms with E-state index in [1.807, 2.05) is 0 Å². The maximum Gasteiger partial charge on any atom is 0.0768 e. The lowest BCUT2D eigenvalue weighted by Crippen LogP contribution is -2.58. The zero-order valence-corrected chi connectivity index (χ0v) is 10.7. The van der Waals surface area contributed by atoms with Crippen molar-refractivity contribution in [3.63, 3.8) is 0 Å². The molecule has 86 valence electrons. The average Bonchev–Trinajstić information content (AvgIpc) is 2.21. The third-order valence-corrected chi connectivity index (χ3v) is 4.01. The predicted molar refractivity (Wildman–Crippen MR) is 65.7 cm³/mol. The van der Waals surface area contributed by atoms with Crippen LogP contribution in [0.15, 0.2) is 0 Å². The summed E-state index contributed by atoms with van der Waals surface area (Å²) >= 11 is 0. The third-order valence-electron chi connectivity index (χ3n) is 4.01. The minimum Gasteiger partial charge on any atom is -0.317 e. The van der Waals surface area contributed by atoms with Crippen molar-refractivity contribution in [1.29, 1.82) is 0 Å². The fourth-order valence-corrected chi connectivity index (χ4v) is 2.64. The van der Waals surface area contributed by atoms with E-state index in [4.69, 9.17) is 6.42 Å². The number of likely N-dealkylation sites (tertiary alicyclic amines) is 1. The van der Waals surface area contributed by atoms with Gasteiger partial charge in [0.1, 0.15) is 0 Å². The molecule has 3 unspecified atom stereocenters. The fraction of sp³-hybridized carbons (Fsp3) is 0.846. The van der Waals surface area contributed by atoms with E-state index in [9.17, 15) is 0 Å². The van der Waals surface area contributed by atoms with Crippen LogP contribution in [0.5, 0.6) is 0 Å². The van der Waals surface area contributed by atoms with Crippen molar-refractivity contribution >= 4 is 0 Å². The molecule has 2 nitrogen and oxygen atoms in total. The van der Waals surface area contributed by atoms with Gasteiger partial charge in [0.25, 0.3) is 0 Å². The lowest BCUT2D eigenvalue weighted by molar-refractivity contribution is 0.0334. The zero-order chi connectivity index (χ0) is 11.6. The van der Waals surface area contributed by atoms with Crippen LogP contribution in [0.2, 0.25) is 0 Å². The molecule has 0 saturated carbocycles. The first-order valence-corrected chi connectivity index (χ1v) is 5.85. The van der Waals surface area contributed by atoms with E-state index in [-0.39, 0.29) is 5.54 Å². The Morgan fingerprint density at radius 1 is 1.40 bits per heavy atom. The smallest absolute Gasteiger partial charge is 0.0768 e. The quantitative estimate of drug-likeness (QED) is 0.695. The largest absolute Gasteiger partial charge is 0.317 e. The van der Waals surface area contributed by atoms with Crippen LogP contribution in [0, 0.1) is 18.3 Å². The van der Waals surface area contributed by atoms with Gasteiger partial charge in [-0.05, 0) is 40.2 Å². The zero-order valence-electron chi connectivity index (χ0n) is 10.7. The van der Waals surface area contributed by atoms with Crippen LogP contribution in [0.4, 0.5) is 0 Å². The topological polar surface area (TPSA) is 15.3 Å². The van der Waals surface area contributed by atoms with Gasteiger partial charge in [-0.25, -0.2) is 0 Å². The SMILES string of the molecule is C#CC(C)(C)N1CCC(NC)C(C)C1C. The molecule has 0 aromatic carbocycles. The molecule has 1 saturated heterocycles. The van der Waals surface area contributed by atoms with Crippen LogP contribution in [-0.4, -0.2) is 36.1 Å². The molecule has 0 aliphatic carbocycles. The molecule has 15 heavy (non-hydrogen) atoms. The molecular formula is C13H24N2. The second kappa shape index (κ2) is 4.55. The van der Waals surface area contributed by atoms with Gasteiger partial charge >= 0.3 is 0 Å². The Kier molecular flexibility index (Phi) is 3.81. The molecule has 3 atom stereocenters. The van der Waals surface area contributed by atoms with Gasteiger partial charge in [0.15, 0.2) is 0 Å². The summed E-state index contributed by atoms with van der Waals surface area (Å²) in [5.74, 6) is 3.55. The number of piperidine rings is 1. The van der Waals surface area contributed by atoms with Crippen molar-refractivity contribution in [2.45, 2.75) is 51.7 Å². The Balaban J connectivity index is 2.77. The highest BCUT2D eigenvalue weighted by molar-refractivity contribution is 5.11.